The number of fused-ring (bicyclic) bond motifs is 1. The van der Waals surface area contributed by atoms with Crippen LogP contribution in [0.5, 0.6) is 5.75 Å². The standard InChI is InChI=1S/C23H27N3O3/c1-3-25-16-17(29-21-12-7-6-11-20(21)25)15-24(2)23(28)18-9-4-5-10-19(18)26-14-8-13-22(26)27/h4-7,9-12,17H,3,8,13-16H2,1-2H3. The summed E-state index contributed by atoms with van der Waals surface area (Å²) in [5, 5.41) is 0. The molecule has 2 aromatic carbocycles. The summed E-state index contributed by atoms with van der Waals surface area (Å²) in [6, 6.07) is 15.4. The van der Waals surface area contributed by atoms with E-state index in [9.17, 15) is 9.59 Å². The van der Waals surface area contributed by atoms with E-state index in [1.165, 1.54) is 0 Å². The van der Waals surface area contributed by atoms with Crippen LogP contribution in [0.2, 0.25) is 0 Å². The molecule has 1 fully saturated rings. The first-order valence-electron chi connectivity index (χ1n) is 10.2. The van der Waals surface area contributed by atoms with Gasteiger partial charge in [0.1, 0.15) is 11.9 Å². The third-order valence-corrected chi connectivity index (χ3v) is 5.63. The molecule has 6 nitrogen and oxygen atoms in total. The van der Waals surface area contributed by atoms with E-state index in [2.05, 4.69) is 17.9 Å². The molecular formula is C23H27N3O3. The number of benzene rings is 2. The zero-order valence-electron chi connectivity index (χ0n) is 17.0. The quantitative estimate of drug-likeness (QED) is 0.783. The lowest BCUT2D eigenvalue weighted by Crippen LogP contribution is -2.47. The van der Waals surface area contributed by atoms with E-state index in [0.717, 1.165) is 30.9 Å². The van der Waals surface area contributed by atoms with Gasteiger partial charge in [-0.15, -0.1) is 0 Å². The van der Waals surface area contributed by atoms with Gasteiger partial charge in [-0.3, -0.25) is 9.59 Å². The SMILES string of the molecule is CCN1CC(CN(C)C(=O)c2ccccc2N2CCCC2=O)Oc2ccccc21. The van der Waals surface area contributed by atoms with E-state index >= 15 is 0 Å². The second-order valence-corrected chi connectivity index (χ2v) is 7.60. The van der Waals surface area contributed by atoms with Crippen molar-refractivity contribution in [2.45, 2.75) is 25.9 Å². The largest absolute Gasteiger partial charge is 0.485 e. The van der Waals surface area contributed by atoms with Crippen LogP contribution >= 0.6 is 0 Å². The molecule has 2 aromatic rings. The fraction of sp³-hybridized carbons (Fsp3) is 0.391. The third kappa shape index (κ3) is 3.79. The summed E-state index contributed by atoms with van der Waals surface area (Å²) in [4.78, 5) is 31.1. The van der Waals surface area contributed by atoms with Gasteiger partial charge in [0, 0.05) is 26.6 Å². The monoisotopic (exact) mass is 393 g/mol. The van der Waals surface area contributed by atoms with Gasteiger partial charge in [0.2, 0.25) is 5.91 Å². The summed E-state index contributed by atoms with van der Waals surface area (Å²) >= 11 is 0. The number of hydrogen-bond acceptors (Lipinski definition) is 4. The average molecular weight is 393 g/mol. The molecule has 152 valence electrons. The number of ether oxygens (including phenoxy) is 1. The van der Waals surface area contributed by atoms with Crippen molar-refractivity contribution in [3.05, 3.63) is 54.1 Å². The van der Waals surface area contributed by atoms with Crippen molar-refractivity contribution in [3.8, 4) is 5.75 Å². The van der Waals surface area contributed by atoms with Crippen molar-refractivity contribution in [2.75, 3.05) is 43.0 Å². The number of amides is 2. The van der Waals surface area contributed by atoms with E-state index in [0.29, 0.717) is 30.8 Å². The Morgan fingerprint density at radius 2 is 1.86 bits per heavy atom. The van der Waals surface area contributed by atoms with E-state index in [1.54, 1.807) is 22.9 Å². The summed E-state index contributed by atoms with van der Waals surface area (Å²) in [6.07, 6.45) is 1.26. The smallest absolute Gasteiger partial charge is 0.255 e. The molecule has 0 bridgehead atoms. The number of hydrogen-bond donors (Lipinski definition) is 0. The minimum absolute atomic E-state index is 0.0821. The van der Waals surface area contributed by atoms with Crippen LogP contribution in [0.3, 0.4) is 0 Å². The van der Waals surface area contributed by atoms with Crippen LogP contribution in [-0.2, 0) is 4.79 Å². The van der Waals surface area contributed by atoms with Crippen molar-refractivity contribution in [2.24, 2.45) is 0 Å². The molecule has 2 amide bonds. The Morgan fingerprint density at radius 1 is 1.14 bits per heavy atom. The topological polar surface area (TPSA) is 53.1 Å². The van der Waals surface area contributed by atoms with Gasteiger partial charge in [0.25, 0.3) is 5.91 Å². The number of anilines is 2. The van der Waals surface area contributed by atoms with Gasteiger partial charge in [-0.05, 0) is 37.6 Å². The van der Waals surface area contributed by atoms with E-state index in [1.807, 2.05) is 36.4 Å². The molecule has 0 aliphatic carbocycles. The lowest BCUT2D eigenvalue weighted by molar-refractivity contribution is -0.117. The molecule has 0 aromatic heterocycles. The van der Waals surface area contributed by atoms with Crippen molar-refractivity contribution in [1.82, 2.24) is 4.90 Å². The van der Waals surface area contributed by atoms with Gasteiger partial charge in [-0.25, -0.2) is 0 Å². The second kappa shape index (κ2) is 8.15. The van der Waals surface area contributed by atoms with E-state index in [4.69, 9.17) is 4.74 Å². The minimum Gasteiger partial charge on any atom is -0.485 e. The van der Waals surface area contributed by atoms with E-state index < -0.39 is 0 Å². The van der Waals surface area contributed by atoms with Crippen molar-refractivity contribution in [3.63, 3.8) is 0 Å². The second-order valence-electron chi connectivity index (χ2n) is 7.60. The number of carbonyl (C=O) groups excluding carboxylic acids is 2. The van der Waals surface area contributed by atoms with Crippen molar-refractivity contribution in [1.29, 1.82) is 0 Å². The first-order valence-corrected chi connectivity index (χ1v) is 10.2. The third-order valence-electron chi connectivity index (χ3n) is 5.63. The Bertz CT molecular complexity index is 914. The van der Waals surface area contributed by atoms with Gasteiger partial charge >= 0.3 is 0 Å². The predicted octanol–water partition coefficient (Wildman–Crippen LogP) is 3.17. The summed E-state index contributed by atoms with van der Waals surface area (Å²) in [7, 11) is 1.80. The fourth-order valence-electron chi connectivity index (χ4n) is 4.16. The lowest BCUT2D eigenvalue weighted by Gasteiger charge is -2.37. The van der Waals surface area contributed by atoms with Crippen LogP contribution in [0, 0.1) is 0 Å². The molecule has 1 saturated heterocycles. The molecule has 2 aliphatic heterocycles. The number of likely N-dealkylation sites (N-methyl/N-ethyl adjacent to an activating group) is 2. The van der Waals surface area contributed by atoms with Gasteiger partial charge < -0.3 is 19.4 Å². The zero-order chi connectivity index (χ0) is 20.4. The Balaban J connectivity index is 1.51. The number of nitrogens with zero attached hydrogens (tertiary/aromatic N) is 3. The molecule has 1 atom stereocenters. The zero-order valence-corrected chi connectivity index (χ0v) is 17.0. The molecular weight excluding hydrogens is 366 g/mol. The first-order chi connectivity index (χ1) is 14.1. The van der Waals surface area contributed by atoms with Crippen LogP contribution in [0.25, 0.3) is 0 Å². The van der Waals surface area contributed by atoms with Crippen LogP contribution in [0.15, 0.2) is 48.5 Å². The molecule has 2 heterocycles. The lowest BCUT2D eigenvalue weighted by atomic mass is 10.1. The first kappa shape index (κ1) is 19.3. The molecule has 2 aliphatic rings. The molecule has 29 heavy (non-hydrogen) atoms. The Morgan fingerprint density at radius 3 is 2.59 bits per heavy atom. The molecule has 0 N–H and O–H groups in total. The Labute approximate surface area is 171 Å². The van der Waals surface area contributed by atoms with Gasteiger partial charge in [-0.2, -0.15) is 0 Å². The molecule has 1 unspecified atom stereocenters. The Hall–Kier alpha value is -3.02. The van der Waals surface area contributed by atoms with Crippen molar-refractivity contribution >= 4 is 23.2 Å². The normalized spacial score (nSPS) is 18.4. The molecule has 6 heteroatoms. The van der Waals surface area contributed by atoms with Gasteiger partial charge in [0.15, 0.2) is 0 Å². The maximum atomic E-state index is 13.2. The van der Waals surface area contributed by atoms with Crippen LogP contribution in [0.1, 0.15) is 30.1 Å². The molecule has 0 spiro atoms. The highest BCUT2D eigenvalue weighted by Gasteiger charge is 2.29. The highest BCUT2D eigenvalue weighted by Crippen LogP contribution is 2.33. The summed E-state index contributed by atoms with van der Waals surface area (Å²) in [5.74, 6) is 0.846. The summed E-state index contributed by atoms with van der Waals surface area (Å²) < 4.78 is 6.17. The molecule has 4 rings (SSSR count). The summed E-state index contributed by atoms with van der Waals surface area (Å²) in [6.45, 7) is 4.88. The number of rotatable bonds is 5. The van der Waals surface area contributed by atoms with E-state index in [-0.39, 0.29) is 17.9 Å². The van der Waals surface area contributed by atoms with Crippen LogP contribution < -0.4 is 14.5 Å². The maximum absolute atomic E-state index is 13.2. The van der Waals surface area contributed by atoms with Gasteiger partial charge in [-0.1, -0.05) is 24.3 Å². The average Bonchev–Trinajstić information content (AvgIpc) is 3.18. The van der Waals surface area contributed by atoms with Crippen LogP contribution in [0.4, 0.5) is 11.4 Å². The fourth-order valence-corrected chi connectivity index (χ4v) is 4.16. The molecule has 0 saturated carbocycles. The highest BCUT2D eigenvalue weighted by atomic mass is 16.5. The van der Waals surface area contributed by atoms with Gasteiger partial charge in [0.05, 0.1) is 30.0 Å². The maximum Gasteiger partial charge on any atom is 0.255 e. The highest BCUT2D eigenvalue weighted by molar-refractivity contribution is 6.05. The number of para-hydroxylation sites is 3. The molecule has 0 radical (unpaired) electrons. The minimum atomic E-state index is -0.112. The predicted molar refractivity (Wildman–Crippen MR) is 114 cm³/mol. The summed E-state index contributed by atoms with van der Waals surface area (Å²) in [5.41, 5.74) is 2.36. The van der Waals surface area contributed by atoms with Crippen LogP contribution in [-0.4, -0.2) is 56.0 Å². The Kier molecular flexibility index (Phi) is 5.43. The van der Waals surface area contributed by atoms with Crippen molar-refractivity contribution < 1.29 is 14.3 Å². The number of carbonyl (C=O) groups is 2.